The number of aryl methyl sites for hydroxylation is 2. The first-order valence-electron chi connectivity index (χ1n) is 10.8. The van der Waals surface area contributed by atoms with E-state index < -0.39 is 11.0 Å². The van der Waals surface area contributed by atoms with Crippen LogP contribution in [0, 0.1) is 17.0 Å². The Hall–Kier alpha value is -3.62. The van der Waals surface area contributed by atoms with E-state index in [-0.39, 0.29) is 12.3 Å². The summed E-state index contributed by atoms with van der Waals surface area (Å²) in [5.74, 6) is 0.718. The number of aromatic nitrogens is 2. The van der Waals surface area contributed by atoms with Gasteiger partial charge in [-0.05, 0) is 57.5 Å². The molecule has 9 heteroatoms. The molecule has 0 atom stereocenters. The summed E-state index contributed by atoms with van der Waals surface area (Å²) >= 11 is 0. The molecular weight excluding hydrogens is 410 g/mol. The van der Waals surface area contributed by atoms with Crippen LogP contribution in [0.5, 0.6) is 0 Å². The van der Waals surface area contributed by atoms with Crippen LogP contribution in [0.25, 0.3) is 11.0 Å². The van der Waals surface area contributed by atoms with Crippen LogP contribution >= 0.6 is 0 Å². The lowest BCUT2D eigenvalue weighted by molar-refractivity contribution is -0.384. The van der Waals surface area contributed by atoms with Gasteiger partial charge in [0.1, 0.15) is 12.4 Å². The Morgan fingerprint density at radius 1 is 1.19 bits per heavy atom. The number of hydrogen-bond donors (Lipinski definition) is 1. The summed E-state index contributed by atoms with van der Waals surface area (Å²) in [5, 5.41) is 13.8. The Balaban J connectivity index is 1.62. The lowest BCUT2D eigenvalue weighted by Crippen LogP contribution is -2.22. The number of anilines is 2. The molecule has 3 aromatic rings. The van der Waals surface area contributed by atoms with Crippen molar-refractivity contribution in [2.24, 2.45) is 0 Å². The molecule has 0 radical (unpaired) electrons. The van der Waals surface area contributed by atoms with Crippen LogP contribution in [0.2, 0.25) is 0 Å². The number of fused-ring (bicyclic) bond motifs is 1. The van der Waals surface area contributed by atoms with Crippen molar-refractivity contribution in [3.05, 3.63) is 57.9 Å². The summed E-state index contributed by atoms with van der Waals surface area (Å²) in [6, 6.07) is 10.5. The van der Waals surface area contributed by atoms with Gasteiger partial charge in [-0.1, -0.05) is 0 Å². The molecule has 0 saturated heterocycles. The highest BCUT2D eigenvalue weighted by atomic mass is 16.6. The van der Waals surface area contributed by atoms with E-state index in [4.69, 9.17) is 4.74 Å². The fourth-order valence-electron chi connectivity index (χ4n) is 3.78. The second-order valence-electron chi connectivity index (χ2n) is 7.38. The molecule has 0 aliphatic carbocycles. The number of nitrogens with one attached hydrogen (secondary N) is 1. The number of rotatable bonds is 9. The number of carbonyl (C=O) groups is 1. The fraction of sp³-hybridized carbons (Fsp3) is 0.391. The van der Waals surface area contributed by atoms with Crippen LogP contribution < -0.4 is 10.2 Å². The number of hydrogen-bond acceptors (Lipinski definition) is 6. The van der Waals surface area contributed by atoms with Gasteiger partial charge in [0.05, 0.1) is 16.0 Å². The Labute approximate surface area is 187 Å². The molecule has 9 nitrogen and oxygen atoms in total. The summed E-state index contributed by atoms with van der Waals surface area (Å²) in [6.07, 6.45) is -0.123. The average molecular weight is 440 g/mol. The molecule has 1 N–H and O–H groups in total. The first kappa shape index (κ1) is 23.1. The van der Waals surface area contributed by atoms with Crippen LogP contribution in [0.1, 0.15) is 32.2 Å². The summed E-state index contributed by atoms with van der Waals surface area (Å²) in [5.41, 5.74) is 4.17. The maximum atomic E-state index is 12.3. The first-order chi connectivity index (χ1) is 15.4. The predicted octanol–water partition coefficient (Wildman–Crippen LogP) is 4.91. The molecule has 1 heterocycles. The van der Waals surface area contributed by atoms with E-state index in [1.165, 1.54) is 12.1 Å². The number of nitro groups is 1. The van der Waals surface area contributed by atoms with Crippen molar-refractivity contribution in [3.8, 4) is 0 Å². The number of ether oxygens (including phenoxy) is 1. The topological polar surface area (TPSA) is 103 Å². The number of nitrogens with zero attached hydrogens (tertiary/aromatic N) is 4. The first-order valence-corrected chi connectivity index (χ1v) is 10.8. The lowest BCUT2D eigenvalue weighted by Gasteiger charge is -2.22. The SMILES string of the molecule is CCN(CC)c1ccc(NC(=O)OCCc2nc3cc([N+](=O)[O-])ccc3n2CC)c(C)c1. The molecule has 0 aliphatic rings. The van der Waals surface area contributed by atoms with Gasteiger partial charge in [0.15, 0.2) is 0 Å². The third-order valence-corrected chi connectivity index (χ3v) is 5.47. The van der Waals surface area contributed by atoms with E-state index in [1.54, 1.807) is 6.07 Å². The average Bonchev–Trinajstić information content (AvgIpc) is 3.12. The van der Waals surface area contributed by atoms with E-state index in [0.717, 1.165) is 35.7 Å². The molecule has 1 aromatic heterocycles. The lowest BCUT2D eigenvalue weighted by atomic mass is 10.1. The predicted molar refractivity (Wildman–Crippen MR) is 125 cm³/mol. The summed E-state index contributed by atoms with van der Waals surface area (Å²) in [6.45, 7) is 10.8. The van der Waals surface area contributed by atoms with E-state index >= 15 is 0 Å². The van der Waals surface area contributed by atoms with Crippen LogP contribution in [0.15, 0.2) is 36.4 Å². The number of imidazole rings is 1. The van der Waals surface area contributed by atoms with Gasteiger partial charge in [-0.3, -0.25) is 15.4 Å². The summed E-state index contributed by atoms with van der Waals surface area (Å²) in [7, 11) is 0. The standard InChI is InChI=1S/C23H29N5O4/c1-5-26(6-2)17-8-10-19(16(4)14-17)25-23(29)32-13-12-22-24-20-15-18(28(30)31)9-11-21(20)27(22)7-3/h8-11,14-15H,5-7,12-13H2,1-4H3,(H,25,29). The number of benzene rings is 2. The molecule has 32 heavy (non-hydrogen) atoms. The maximum absolute atomic E-state index is 12.3. The van der Waals surface area contributed by atoms with Crippen LogP contribution in [-0.2, 0) is 17.7 Å². The van der Waals surface area contributed by atoms with Gasteiger partial charge >= 0.3 is 6.09 Å². The Morgan fingerprint density at radius 2 is 1.94 bits per heavy atom. The molecule has 0 saturated carbocycles. The van der Waals surface area contributed by atoms with E-state index in [1.807, 2.05) is 36.6 Å². The number of amides is 1. The largest absolute Gasteiger partial charge is 0.449 e. The van der Waals surface area contributed by atoms with Crippen molar-refractivity contribution in [1.82, 2.24) is 9.55 Å². The quantitative estimate of drug-likeness (QED) is 0.375. The van der Waals surface area contributed by atoms with Crippen molar-refractivity contribution in [2.45, 2.75) is 40.7 Å². The molecule has 0 spiro atoms. The van der Waals surface area contributed by atoms with Crippen molar-refractivity contribution in [2.75, 3.05) is 29.9 Å². The zero-order chi connectivity index (χ0) is 23.3. The van der Waals surface area contributed by atoms with Crippen LogP contribution in [0.4, 0.5) is 21.9 Å². The van der Waals surface area contributed by atoms with Crippen molar-refractivity contribution < 1.29 is 14.5 Å². The maximum Gasteiger partial charge on any atom is 0.411 e. The normalized spacial score (nSPS) is 10.9. The Kier molecular flexibility index (Phi) is 7.29. The third kappa shape index (κ3) is 4.99. The monoisotopic (exact) mass is 439 g/mol. The van der Waals surface area contributed by atoms with E-state index in [9.17, 15) is 14.9 Å². The smallest absolute Gasteiger partial charge is 0.411 e. The second-order valence-corrected chi connectivity index (χ2v) is 7.38. The molecule has 2 aromatic carbocycles. The second kappa shape index (κ2) is 10.1. The van der Waals surface area contributed by atoms with Gasteiger partial charge in [-0.2, -0.15) is 0 Å². The molecule has 0 bridgehead atoms. The highest BCUT2D eigenvalue weighted by molar-refractivity contribution is 5.86. The van der Waals surface area contributed by atoms with Gasteiger partial charge in [-0.25, -0.2) is 9.78 Å². The highest BCUT2D eigenvalue weighted by Crippen LogP contribution is 2.24. The minimum absolute atomic E-state index is 0.00260. The van der Waals surface area contributed by atoms with Gasteiger partial charge in [0.25, 0.3) is 5.69 Å². The number of non-ortho nitro benzene ring substituents is 1. The molecular formula is C23H29N5O4. The molecule has 170 valence electrons. The molecule has 1 amide bonds. The van der Waals surface area contributed by atoms with Crippen LogP contribution in [-0.4, -0.2) is 40.3 Å². The Bertz CT molecular complexity index is 1120. The minimum atomic E-state index is -0.529. The summed E-state index contributed by atoms with van der Waals surface area (Å²) in [4.78, 5) is 29.6. The van der Waals surface area contributed by atoms with Crippen molar-refractivity contribution in [1.29, 1.82) is 0 Å². The van der Waals surface area contributed by atoms with Gasteiger partial charge < -0.3 is 14.2 Å². The van der Waals surface area contributed by atoms with Crippen LogP contribution in [0.3, 0.4) is 0 Å². The van der Waals surface area contributed by atoms with Crippen molar-refractivity contribution in [3.63, 3.8) is 0 Å². The van der Waals surface area contributed by atoms with Gasteiger partial charge in [0.2, 0.25) is 0 Å². The molecule has 0 aliphatic heterocycles. The van der Waals surface area contributed by atoms with E-state index in [0.29, 0.717) is 24.2 Å². The van der Waals surface area contributed by atoms with Gasteiger partial charge in [-0.15, -0.1) is 0 Å². The van der Waals surface area contributed by atoms with Crippen molar-refractivity contribution >= 4 is 34.2 Å². The fourth-order valence-corrected chi connectivity index (χ4v) is 3.78. The third-order valence-electron chi connectivity index (χ3n) is 5.47. The molecule has 0 fully saturated rings. The Morgan fingerprint density at radius 3 is 2.56 bits per heavy atom. The zero-order valence-corrected chi connectivity index (χ0v) is 18.9. The molecule has 0 unspecified atom stereocenters. The molecule has 3 rings (SSSR count). The highest BCUT2D eigenvalue weighted by Gasteiger charge is 2.15. The zero-order valence-electron chi connectivity index (χ0n) is 18.9. The van der Waals surface area contributed by atoms with E-state index in [2.05, 4.69) is 29.0 Å². The number of nitro benzene ring substituents is 1. The summed E-state index contributed by atoms with van der Waals surface area (Å²) < 4.78 is 7.33. The van der Waals surface area contributed by atoms with Gasteiger partial charge in [0, 0.05) is 49.6 Å². The number of carbonyl (C=O) groups excluding carboxylic acids is 1. The minimum Gasteiger partial charge on any atom is -0.449 e.